The van der Waals surface area contributed by atoms with Crippen molar-refractivity contribution < 1.29 is 0 Å². The molecule has 1 heterocycles. The summed E-state index contributed by atoms with van der Waals surface area (Å²) in [6, 6.07) is 5.21. The maximum Gasteiger partial charge on any atom is 0.265 e. The van der Waals surface area contributed by atoms with Gasteiger partial charge in [0, 0.05) is 5.56 Å². The van der Waals surface area contributed by atoms with Crippen molar-refractivity contribution >= 4 is 39.1 Å². The minimum Gasteiger partial charge on any atom is -0.305 e. The third kappa shape index (κ3) is 2.46. The van der Waals surface area contributed by atoms with Gasteiger partial charge in [0.15, 0.2) is 0 Å². The first-order valence-corrected chi connectivity index (χ1v) is 6.82. The van der Waals surface area contributed by atoms with E-state index >= 15 is 0 Å². The minimum atomic E-state index is -0.229. The second-order valence-corrected chi connectivity index (χ2v) is 5.21. The van der Waals surface area contributed by atoms with E-state index in [0.717, 1.165) is 0 Å². The van der Waals surface area contributed by atoms with Gasteiger partial charge >= 0.3 is 0 Å². The van der Waals surface area contributed by atoms with Gasteiger partial charge in [-0.15, -0.1) is 0 Å². The smallest absolute Gasteiger partial charge is 0.265 e. The molecule has 1 aromatic carbocycles. The van der Waals surface area contributed by atoms with Crippen LogP contribution in [0.25, 0.3) is 11.4 Å². The molecule has 1 N–H and O–H groups in total. The van der Waals surface area contributed by atoms with Crippen molar-refractivity contribution in [3.8, 4) is 11.4 Å². The zero-order valence-corrected chi connectivity index (χ0v) is 12.5. The number of aromatic amines is 1. The van der Waals surface area contributed by atoms with E-state index < -0.39 is 0 Å². The van der Waals surface area contributed by atoms with Gasteiger partial charge in [0.25, 0.3) is 5.56 Å². The largest absolute Gasteiger partial charge is 0.305 e. The molecular formula is C12H9BrCl2N2O. The van der Waals surface area contributed by atoms with E-state index in [1.165, 1.54) is 0 Å². The first-order chi connectivity index (χ1) is 8.54. The molecule has 1 aromatic heterocycles. The van der Waals surface area contributed by atoms with Crippen molar-refractivity contribution in [1.29, 1.82) is 0 Å². The number of nitrogens with one attached hydrogen (secondary N) is 1. The maximum absolute atomic E-state index is 11.8. The third-order valence-electron chi connectivity index (χ3n) is 2.47. The van der Waals surface area contributed by atoms with Crippen LogP contribution in [0.15, 0.2) is 27.5 Å². The number of halogens is 3. The Balaban J connectivity index is 2.68. The predicted octanol–water partition coefficient (Wildman–Crippen LogP) is 4.07. The van der Waals surface area contributed by atoms with Crippen molar-refractivity contribution in [2.75, 3.05) is 0 Å². The van der Waals surface area contributed by atoms with Crippen molar-refractivity contribution in [2.45, 2.75) is 13.3 Å². The highest BCUT2D eigenvalue weighted by Gasteiger charge is 2.12. The minimum absolute atomic E-state index is 0.229. The number of nitrogens with zero attached hydrogens (tertiary/aromatic N) is 1. The van der Waals surface area contributed by atoms with Crippen LogP contribution in [0.2, 0.25) is 10.0 Å². The van der Waals surface area contributed by atoms with Crippen LogP contribution in [0.5, 0.6) is 0 Å². The monoisotopic (exact) mass is 346 g/mol. The fourth-order valence-corrected chi connectivity index (χ4v) is 2.41. The summed E-state index contributed by atoms with van der Waals surface area (Å²) in [5.74, 6) is 0.424. The molecule has 0 amide bonds. The number of benzene rings is 1. The topological polar surface area (TPSA) is 45.8 Å². The summed E-state index contributed by atoms with van der Waals surface area (Å²) in [6.07, 6.45) is 0.649. The van der Waals surface area contributed by atoms with E-state index in [4.69, 9.17) is 23.2 Å². The average Bonchev–Trinajstić information content (AvgIpc) is 2.36. The van der Waals surface area contributed by atoms with Crippen LogP contribution >= 0.6 is 39.1 Å². The molecule has 0 bridgehead atoms. The summed E-state index contributed by atoms with van der Waals surface area (Å²) in [6.45, 7) is 1.93. The second-order valence-electron chi connectivity index (χ2n) is 3.63. The van der Waals surface area contributed by atoms with Crippen molar-refractivity contribution in [1.82, 2.24) is 9.97 Å². The van der Waals surface area contributed by atoms with E-state index in [1.807, 2.05) is 6.92 Å². The summed E-state index contributed by atoms with van der Waals surface area (Å²) < 4.78 is 0.451. The number of aryl methyl sites for hydroxylation is 1. The fraction of sp³-hybridized carbons (Fsp3) is 0.167. The molecule has 2 rings (SSSR count). The number of aromatic nitrogens is 2. The highest BCUT2D eigenvalue weighted by atomic mass is 79.9. The Morgan fingerprint density at radius 3 is 2.78 bits per heavy atom. The third-order valence-corrected chi connectivity index (χ3v) is 4.11. The van der Waals surface area contributed by atoms with E-state index in [0.29, 0.717) is 38.0 Å². The summed E-state index contributed by atoms with van der Waals surface area (Å²) in [7, 11) is 0. The van der Waals surface area contributed by atoms with Gasteiger partial charge in [0.05, 0.1) is 15.7 Å². The zero-order chi connectivity index (χ0) is 13.3. The number of hydrogen-bond donors (Lipinski definition) is 1. The molecule has 0 aliphatic heterocycles. The van der Waals surface area contributed by atoms with Crippen molar-refractivity contribution in [3.63, 3.8) is 0 Å². The fourth-order valence-electron chi connectivity index (χ4n) is 1.55. The first-order valence-electron chi connectivity index (χ1n) is 5.27. The number of H-pyrrole nitrogens is 1. The highest BCUT2D eigenvalue weighted by Crippen LogP contribution is 2.31. The molecule has 0 atom stereocenters. The Morgan fingerprint density at radius 2 is 2.11 bits per heavy atom. The SMILES string of the molecule is CCc1nc(-c2cccc(Cl)c2Cl)[nH]c(=O)c1Br. The average molecular weight is 348 g/mol. The Morgan fingerprint density at radius 1 is 1.39 bits per heavy atom. The molecule has 0 saturated heterocycles. The number of hydrogen-bond acceptors (Lipinski definition) is 2. The van der Waals surface area contributed by atoms with Gasteiger partial charge in [-0.25, -0.2) is 4.98 Å². The van der Waals surface area contributed by atoms with Crippen LogP contribution in [0.3, 0.4) is 0 Å². The molecule has 18 heavy (non-hydrogen) atoms. The molecule has 0 radical (unpaired) electrons. The molecule has 0 aliphatic carbocycles. The summed E-state index contributed by atoms with van der Waals surface area (Å²) in [4.78, 5) is 18.8. The lowest BCUT2D eigenvalue weighted by Crippen LogP contribution is -2.13. The molecule has 0 spiro atoms. The predicted molar refractivity (Wildman–Crippen MR) is 77.4 cm³/mol. The molecular weight excluding hydrogens is 339 g/mol. The van der Waals surface area contributed by atoms with E-state index in [1.54, 1.807) is 18.2 Å². The molecule has 3 nitrogen and oxygen atoms in total. The second kappa shape index (κ2) is 5.43. The van der Waals surface area contributed by atoms with Gasteiger partial charge in [-0.05, 0) is 34.5 Å². The molecule has 94 valence electrons. The molecule has 0 aliphatic rings. The molecule has 6 heteroatoms. The van der Waals surface area contributed by atoms with Gasteiger partial charge in [-0.2, -0.15) is 0 Å². The van der Waals surface area contributed by atoms with Crippen LogP contribution in [0.1, 0.15) is 12.6 Å². The highest BCUT2D eigenvalue weighted by molar-refractivity contribution is 9.10. The normalized spacial score (nSPS) is 10.7. The standard InChI is InChI=1S/C12H9BrCl2N2O/c1-2-8-9(13)12(18)17-11(16-8)6-4-3-5-7(14)10(6)15/h3-5H,2H2,1H3,(H,16,17,18). The first kappa shape index (κ1) is 13.6. The van der Waals surface area contributed by atoms with Gasteiger partial charge in [0.1, 0.15) is 10.3 Å². The van der Waals surface area contributed by atoms with Crippen LogP contribution in [0, 0.1) is 0 Å². The Kier molecular flexibility index (Phi) is 4.10. The summed E-state index contributed by atoms with van der Waals surface area (Å²) >= 11 is 15.3. The lowest BCUT2D eigenvalue weighted by molar-refractivity contribution is 0.970. The van der Waals surface area contributed by atoms with Crippen LogP contribution in [0.4, 0.5) is 0 Å². The van der Waals surface area contributed by atoms with Crippen molar-refractivity contribution in [2.24, 2.45) is 0 Å². The summed E-state index contributed by atoms with van der Waals surface area (Å²) in [5.41, 5.74) is 1.07. The molecule has 0 fully saturated rings. The lowest BCUT2D eigenvalue weighted by Gasteiger charge is -2.07. The van der Waals surface area contributed by atoms with Gasteiger partial charge in [0.2, 0.25) is 0 Å². The zero-order valence-electron chi connectivity index (χ0n) is 9.43. The maximum atomic E-state index is 11.8. The number of rotatable bonds is 2. The molecule has 0 saturated carbocycles. The van der Waals surface area contributed by atoms with Crippen LogP contribution < -0.4 is 5.56 Å². The van der Waals surface area contributed by atoms with E-state index in [9.17, 15) is 4.79 Å². The Bertz CT molecular complexity index is 655. The van der Waals surface area contributed by atoms with Gasteiger partial charge in [-0.1, -0.05) is 36.2 Å². The molecule has 2 aromatic rings. The quantitative estimate of drug-likeness (QED) is 0.890. The van der Waals surface area contributed by atoms with Crippen LogP contribution in [-0.4, -0.2) is 9.97 Å². The summed E-state index contributed by atoms with van der Waals surface area (Å²) in [5, 5.41) is 0.810. The van der Waals surface area contributed by atoms with E-state index in [-0.39, 0.29) is 5.56 Å². The lowest BCUT2D eigenvalue weighted by atomic mass is 10.2. The van der Waals surface area contributed by atoms with Gasteiger partial charge in [-0.3, -0.25) is 4.79 Å². The van der Waals surface area contributed by atoms with Gasteiger partial charge < -0.3 is 4.98 Å². The van der Waals surface area contributed by atoms with E-state index in [2.05, 4.69) is 25.9 Å². The Hall–Kier alpha value is -0.840. The van der Waals surface area contributed by atoms with Crippen LogP contribution in [-0.2, 0) is 6.42 Å². The molecule has 0 unspecified atom stereocenters. The Labute approximate surface area is 122 Å². The van der Waals surface area contributed by atoms with Crippen molar-refractivity contribution in [3.05, 3.63) is 48.8 Å².